The van der Waals surface area contributed by atoms with Crippen molar-refractivity contribution in [2.75, 3.05) is 0 Å². The molecule has 0 bridgehead atoms. The number of benzene rings is 2. The molecule has 0 aliphatic carbocycles. The Balaban J connectivity index is 2.13. The number of fused-ring (bicyclic) bond motifs is 1. The molecule has 0 radical (unpaired) electrons. The van der Waals surface area contributed by atoms with Gasteiger partial charge in [0.1, 0.15) is 10.5 Å². The van der Waals surface area contributed by atoms with Crippen molar-refractivity contribution in [1.82, 2.24) is 8.69 Å². The second kappa shape index (κ2) is 7.20. The van der Waals surface area contributed by atoms with Crippen LogP contribution in [0.2, 0.25) is 0 Å². The molecule has 1 N–H and O–H groups in total. The first-order valence-electron chi connectivity index (χ1n) is 8.58. The van der Waals surface area contributed by atoms with Crippen molar-refractivity contribution < 1.29 is 26.4 Å². The van der Waals surface area contributed by atoms with Gasteiger partial charge >= 0.3 is 6.09 Å². The van der Waals surface area contributed by atoms with Gasteiger partial charge in [0.05, 0.1) is 10.4 Å². The molecule has 0 aliphatic rings. The number of hydrogen-bond donors (Lipinski definition) is 1. The number of nitrogens with one attached hydrogen (secondary N) is 1. The number of amides is 1. The molecular weight excluding hydrogens is 416 g/mol. The van der Waals surface area contributed by atoms with E-state index in [0.29, 0.717) is 0 Å². The van der Waals surface area contributed by atoms with Gasteiger partial charge in [-0.05, 0) is 39.0 Å². The van der Waals surface area contributed by atoms with E-state index in [0.717, 1.165) is 10.2 Å². The monoisotopic (exact) mass is 436 g/mol. The standard InChI is InChI=1S/C19H20N2O6S2/c1-19(2,3)27-18(22)20-28(23,24)17-13-21(16-12-8-7-11-15(16)17)29(25,26)14-9-5-4-6-10-14/h4-13H,1-3H3,(H,20,22). The second-order valence-corrected chi connectivity index (χ2v) is 10.7. The Hall–Kier alpha value is -2.85. The van der Waals surface area contributed by atoms with Crippen LogP contribution in [-0.2, 0) is 24.8 Å². The minimum Gasteiger partial charge on any atom is -0.443 e. The van der Waals surface area contributed by atoms with Gasteiger partial charge in [-0.25, -0.2) is 30.3 Å². The first kappa shape index (κ1) is 20.9. The van der Waals surface area contributed by atoms with E-state index in [1.807, 2.05) is 4.72 Å². The summed E-state index contributed by atoms with van der Waals surface area (Å²) in [4.78, 5) is 11.6. The smallest absolute Gasteiger partial charge is 0.421 e. The molecule has 0 unspecified atom stereocenters. The molecule has 0 fully saturated rings. The third-order valence-corrected chi connectivity index (χ3v) is 6.88. The van der Waals surface area contributed by atoms with E-state index < -0.39 is 31.7 Å². The van der Waals surface area contributed by atoms with Gasteiger partial charge < -0.3 is 4.74 Å². The van der Waals surface area contributed by atoms with Crippen LogP contribution in [-0.4, -0.2) is 32.5 Å². The third kappa shape index (κ3) is 4.28. The quantitative estimate of drug-likeness (QED) is 0.673. The van der Waals surface area contributed by atoms with Crippen LogP contribution in [0.15, 0.2) is 70.6 Å². The average molecular weight is 437 g/mol. The van der Waals surface area contributed by atoms with E-state index >= 15 is 0 Å². The predicted octanol–water partition coefficient (Wildman–Crippen LogP) is 3.09. The van der Waals surface area contributed by atoms with Crippen LogP contribution < -0.4 is 4.72 Å². The number of hydrogen-bond acceptors (Lipinski definition) is 6. The molecule has 1 amide bonds. The number of para-hydroxylation sites is 1. The second-order valence-electron chi connectivity index (χ2n) is 7.23. The van der Waals surface area contributed by atoms with Crippen LogP contribution in [0.25, 0.3) is 10.9 Å². The Morgan fingerprint density at radius 1 is 0.931 bits per heavy atom. The highest BCUT2D eigenvalue weighted by Gasteiger charge is 2.29. The summed E-state index contributed by atoms with van der Waals surface area (Å²) < 4.78 is 59.4. The van der Waals surface area contributed by atoms with Crippen molar-refractivity contribution in [2.45, 2.75) is 36.2 Å². The zero-order chi connectivity index (χ0) is 21.4. The number of sulfonamides is 1. The first-order valence-corrected chi connectivity index (χ1v) is 11.5. The van der Waals surface area contributed by atoms with E-state index in [1.54, 1.807) is 51.1 Å². The fourth-order valence-electron chi connectivity index (χ4n) is 2.70. The van der Waals surface area contributed by atoms with E-state index in [1.165, 1.54) is 24.3 Å². The van der Waals surface area contributed by atoms with Gasteiger partial charge in [-0.3, -0.25) is 0 Å². The molecule has 1 heterocycles. The number of ether oxygens (including phenoxy) is 1. The Bertz CT molecular complexity index is 1270. The highest BCUT2D eigenvalue weighted by atomic mass is 32.2. The highest BCUT2D eigenvalue weighted by molar-refractivity contribution is 7.91. The molecule has 8 nitrogen and oxygen atoms in total. The number of aromatic nitrogens is 1. The van der Waals surface area contributed by atoms with Gasteiger partial charge in [-0.1, -0.05) is 36.4 Å². The van der Waals surface area contributed by atoms with Gasteiger partial charge in [0, 0.05) is 11.6 Å². The Kier molecular flexibility index (Phi) is 5.18. The van der Waals surface area contributed by atoms with Crippen molar-refractivity contribution in [1.29, 1.82) is 0 Å². The van der Waals surface area contributed by atoms with E-state index in [9.17, 15) is 21.6 Å². The summed E-state index contributed by atoms with van der Waals surface area (Å²) >= 11 is 0. The van der Waals surface area contributed by atoms with Gasteiger partial charge in [0.25, 0.3) is 20.0 Å². The molecule has 1 aromatic heterocycles. The van der Waals surface area contributed by atoms with Crippen LogP contribution in [0.5, 0.6) is 0 Å². The lowest BCUT2D eigenvalue weighted by Crippen LogP contribution is -2.36. The molecule has 3 rings (SSSR count). The maximum atomic E-state index is 13.1. The molecule has 2 aromatic carbocycles. The predicted molar refractivity (Wildman–Crippen MR) is 108 cm³/mol. The molecule has 0 atom stereocenters. The Labute approximate surface area is 169 Å². The molecule has 3 aromatic rings. The van der Waals surface area contributed by atoms with Crippen molar-refractivity contribution in [2.24, 2.45) is 0 Å². The van der Waals surface area contributed by atoms with Crippen LogP contribution in [0.3, 0.4) is 0 Å². The van der Waals surface area contributed by atoms with E-state index in [-0.39, 0.29) is 20.7 Å². The molecule has 10 heteroatoms. The molecule has 0 aliphatic heterocycles. The average Bonchev–Trinajstić information content (AvgIpc) is 3.01. The molecule has 0 saturated carbocycles. The lowest BCUT2D eigenvalue weighted by molar-refractivity contribution is 0.0570. The zero-order valence-electron chi connectivity index (χ0n) is 16.0. The minimum atomic E-state index is -4.39. The molecule has 0 saturated heterocycles. The lowest BCUT2D eigenvalue weighted by atomic mass is 10.2. The van der Waals surface area contributed by atoms with E-state index in [4.69, 9.17) is 4.74 Å². The van der Waals surface area contributed by atoms with Crippen molar-refractivity contribution in [3.63, 3.8) is 0 Å². The summed E-state index contributed by atoms with van der Waals surface area (Å²) in [6.45, 7) is 4.78. The molecular formula is C19H20N2O6S2. The fraction of sp³-hybridized carbons (Fsp3) is 0.211. The molecule has 0 spiro atoms. The SMILES string of the molecule is CC(C)(C)OC(=O)NS(=O)(=O)c1cn(S(=O)(=O)c2ccccc2)c2ccccc12. The topological polar surface area (TPSA) is 112 Å². The summed E-state index contributed by atoms with van der Waals surface area (Å²) in [5.74, 6) is 0. The summed E-state index contributed by atoms with van der Waals surface area (Å²) in [6, 6.07) is 13.8. The van der Waals surface area contributed by atoms with Gasteiger partial charge in [0.15, 0.2) is 0 Å². The maximum Gasteiger partial charge on any atom is 0.421 e. The van der Waals surface area contributed by atoms with Crippen molar-refractivity contribution in [3.8, 4) is 0 Å². The zero-order valence-corrected chi connectivity index (χ0v) is 17.6. The van der Waals surface area contributed by atoms with Gasteiger partial charge in [-0.15, -0.1) is 0 Å². The summed E-state index contributed by atoms with van der Waals surface area (Å²) in [5, 5.41) is 0.156. The normalized spacial score (nSPS) is 12.7. The highest BCUT2D eigenvalue weighted by Crippen LogP contribution is 2.29. The number of carbonyl (C=O) groups is 1. The number of nitrogens with zero attached hydrogens (tertiary/aromatic N) is 1. The van der Waals surface area contributed by atoms with Crippen molar-refractivity contribution >= 4 is 37.0 Å². The molecule has 29 heavy (non-hydrogen) atoms. The first-order chi connectivity index (χ1) is 13.4. The molecule has 154 valence electrons. The summed E-state index contributed by atoms with van der Waals surface area (Å²) in [5.41, 5.74) is -0.731. The van der Waals surface area contributed by atoms with Crippen LogP contribution >= 0.6 is 0 Å². The van der Waals surface area contributed by atoms with Crippen LogP contribution in [0.1, 0.15) is 20.8 Å². The largest absolute Gasteiger partial charge is 0.443 e. The van der Waals surface area contributed by atoms with Crippen LogP contribution in [0, 0.1) is 0 Å². The van der Waals surface area contributed by atoms with Gasteiger partial charge in [0.2, 0.25) is 0 Å². The Morgan fingerprint density at radius 3 is 2.14 bits per heavy atom. The number of rotatable bonds is 4. The Morgan fingerprint density at radius 2 is 1.52 bits per heavy atom. The van der Waals surface area contributed by atoms with Gasteiger partial charge in [-0.2, -0.15) is 0 Å². The minimum absolute atomic E-state index is 0.00445. The maximum absolute atomic E-state index is 13.1. The van der Waals surface area contributed by atoms with E-state index in [2.05, 4.69) is 0 Å². The lowest BCUT2D eigenvalue weighted by Gasteiger charge is -2.19. The summed E-state index contributed by atoms with van der Waals surface area (Å²) in [6.07, 6.45) is -0.167. The third-order valence-electron chi connectivity index (χ3n) is 3.85. The van der Waals surface area contributed by atoms with Crippen molar-refractivity contribution in [3.05, 3.63) is 60.8 Å². The fourth-order valence-corrected chi connectivity index (χ4v) is 5.24. The summed E-state index contributed by atoms with van der Waals surface area (Å²) in [7, 11) is -8.44. The number of carbonyl (C=O) groups excluding carboxylic acids is 1. The van der Waals surface area contributed by atoms with Crippen LogP contribution in [0.4, 0.5) is 4.79 Å².